The molecule has 1 saturated heterocycles. The van der Waals surface area contributed by atoms with E-state index in [9.17, 15) is 9.59 Å². The van der Waals surface area contributed by atoms with Crippen LogP contribution in [0.2, 0.25) is 5.02 Å². The molecule has 4 nitrogen and oxygen atoms in total. The summed E-state index contributed by atoms with van der Waals surface area (Å²) in [5.41, 5.74) is 1.62. The number of carbonyl (C=O) groups is 2. The molecule has 1 aromatic rings. The van der Waals surface area contributed by atoms with Crippen molar-refractivity contribution in [3.8, 4) is 0 Å². The highest BCUT2D eigenvalue weighted by molar-refractivity contribution is 6.31. The van der Waals surface area contributed by atoms with Crippen LogP contribution in [0.3, 0.4) is 0 Å². The molecule has 1 fully saturated rings. The van der Waals surface area contributed by atoms with Crippen LogP contribution in [-0.2, 0) is 9.59 Å². The van der Waals surface area contributed by atoms with E-state index in [1.54, 1.807) is 6.07 Å². The molecule has 0 spiro atoms. The second kappa shape index (κ2) is 6.27. The first kappa shape index (κ1) is 14.9. The Morgan fingerprint density at radius 2 is 1.95 bits per heavy atom. The molecule has 0 atom stereocenters. The molecule has 20 heavy (non-hydrogen) atoms. The van der Waals surface area contributed by atoms with Gasteiger partial charge in [0.25, 0.3) is 0 Å². The maximum Gasteiger partial charge on any atom is 0.242 e. The zero-order valence-corrected chi connectivity index (χ0v) is 12.6. The van der Waals surface area contributed by atoms with Gasteiger partial charge in [0, 0.05) is 30.7 Å². The van der Waals surface area contributed by atoms with Gasteiger partial charge >= 0.3 is 0 Å². The minimum Gasteiger partial charge on any atom is -0.341 e. The Labute approximate surface area is 124 Å². The fourth-order valence-corrected chi connectivity index (χ4v) is 2.51. The maximum atomic E-state index is 12.2. The van der Waals surface area contributed by atoms with Crippen molar-refractivity contribution in [2.24, 2.45) is 0 Å². The second-order valence-corrected chi connectivity index (χ2v) is 5.53. The van der Waals surface area contributed by atoms with Gasteiger partial charge in [-0.15, -0.1) is 0 Å². The average molecular weight is 295 g/mol. The van der Waals surface area contributed by atoms with E-state index in [1.807, 2.05) is 24.0 Å². The van der Waals surface area contributed by atoms with Gasteiger partial charge in [-0.3, -0.25) is 9.59 Å². The third-order valence-electron chi connectivity index (χ3n) is 3.60. The van der Waals surface area contributed by atoms with Gasteiger partial charge in [0.05, 0.1) is 0 Å². The van der Waals surface area contributed by atoms with Crippen LogP contribution in [0.15, 0.2) is 18.2 Å². The SMILES string of the molecule is CC(=O)N(CC(=O)N1CCCC1)c1ccc(C)c(Cl)c1. The lowest BCUT2D eigenvalue weighted by Gasteiger charge is -2.24. The van der Waals surface area contributed by atoms with Gasteiger partial charge in [-0.05, 0) is 37.5 Å². The molecule has 0 N–H and O–H groups in total. The van der Waals surface area contributed by atoms with Gasteiger partial charge in [-0.2, -0.15) is 0 Å². The second-order valence-electron chi connectivity index (χ2n) is 5.13. The number of hydrogen-bond acceptors (Lipinski definition) is 2. The van der Waals surface area contributed by atoms with Crippen molar-refractivity contribution in [3.63, 3.8) is 0 Å². The molecule has 1 aliphatic rings. The van der Waals surface area contributed by atoms with E-state index in [0.717, 1.165) is 31.5 Å². The lowest BCUT2D eigenvalue weighted by atomic mass is 10.2. The minimum atomic E-state index is -0.155. The van der Waals surface area contributed by atoms with Crippen LogP contribution >= 0.6 is 11.6 Å². The van der Waals surface area contributed by atoms with Crippen LogP contribution < -0.4 is 4.90 Å². The van der Waals surface area contributed by atoms with Crippen LogP contribution in [0, 0.1) is 6.92 Å². The maximum absolute atomic E-state index is 12.2. The number of carbonyl (C=O) groups excluding carboxylic acids is 2. The van der Waals surface area contributed by atoms with E-state index in [-0.39, 0.29) is 18.4 Å². The molecule has 0 bridgehead atoms. The fraction of sp³-hybridized carbons (Fsp3) is 0.467. The van der Waals surface area contributed by atoms with Crippen LogP contribution in [0.4, 0.5) is 5.69 Å². The first-order valence-electron chi connectivity index (χ1n) is 6.81. The molecule has 1 aromatic carbocycles. The molecule has 2 amide bonds. The first-order valence-corrected chi connectivity index (χ1v) is 7.19. The molecule has 0 aliphatic carbocycles. The summed E-state index contributed by atoms with van der Waals surface area (Å²) in [5.74, 6) is -0.160. The predicted molar refractivity (Wildman–Crippen MR) is 80.0 cm³/mol. The summed E-state index contributed by atoms with van der Waals surface area (Å²) in [6.07, 6.45) is 2.09. The zero-order valence-electron chi connectivity index (χ0n) is 11.9. The predicted octanol–water partition coefficient (Wildman–Crippen LogP) is 2.62. The van der Waals surface area contributed by atoms with Crippen LogP contribution in [0.1, 0.15) is 25.3 Å². The smallest absolute Gasteiger partial charge is 0.242 e. The van der Waals surface area contributed by atoms with E-state index in [1.165, 1.54) is 11.8 Å². The largest absolute Gasteiger partial charge is 0.341 e. The normalized spacial score (nSPS) is 14.4. The van der Waals surface area contributed by atoms with E-state index in [4.69, 9.17) is 11.6 Å². The van der Waals surface area contributed by atoms with Crippen molar-refractivity contribution in [1.82, 2.24) is 4.90 Å². The standard InChI is InChI=1S/C15H19ClN2O2/c1-11-5-6-13(9-14(11)16)18(12(2)19)10-15(20)17-7-3-4-8-17/h5-6,9H,3-4,7-8,10H2,1-2H3. The van der Waals surface area contributed by atoms with Gasteiger partial charge in [-0.25, -0.2) is 0 Å². The van der Waals surface area contributed by atoms with Crippen molar-refractivity contribution in [3.05, 3.63) is 28.8 Å². The van der Waals surface area contributed by atoms with Crippen molar-refractivity contribution in [2.45, 2.75) is 26.7 Å². The molecule has 2 rings (SSSR count). The third-order valence-corrected chi connectivity index (χ3v) is 4.01. The molecule has 0 saturated carbocycles. The molecule has 1 heterocycles. The van der Waals surface area contributed by atoms with E-state index in [0.29, 0.717) is 10.7 Å². The molecule has 5 heteroatoms. The summed E-state index contributed by atoms with van der Waals surface area (Å²) < 4.78 is 0. The Hall–Kier alpha value is -1.55. The summed E-state index contributed by atoms with van der Waals surface area (Å²) in [5, 5.41) is 0.599. The summed E-state index contributed by atoms with van der Waals surface area (Å²) in [6, 6.07) is 5.41. The Morgan fingerprint density at radius 1 is 1.30 bits per heavy atom. The number of hydrogen-bond donors (Lipinski definition) is 0. The summed E-state index contributed by atoms with van der Waals surface area (Å²) in [7, 11) is 0. The van der Waals surface area contributed by atoms with Crippen LogP contribution in [0.5, 0.6) is 0 Å². The first-order chi connectivity index (χ1) is 9.49. The average Bonchev–Trinajstić information content (AvgIpc) is 2.93. The van der Waals surface area contributed by atoms with Crippen LogP contribution in [-0.4, -0.2) is 36.3 Å². The van der Waals surface area contributed by atoms with Crippen LogP contribution in [0.25, 0.3) is 0 Å². The van der Waals surface area contributed by atoms with Gasteiger partial charge in [0.2, 0.25) is 11.8 Å². The van der Waals surface area contributed by atoms with Crippen molar-refractivity contribution in [2.75, 3.05) is 24.5 Å². The lowest BCUT2D eigenvalue weighted by Crippen LogP contribution is -2.41. The van der Waals surface area contributed by atoms with Crippen molar-refractivity contribution < 1.29 is 9.59 Å². The number of halogens is 1. The zero-order chi connectivity index (χ0) is 14.7. The van der Waals surface area contributed by atoms with Gasteiger partial charge in [-0.1, -0.05) is 17.7 Å². The van der Waals surface area contributed by atoms with E-state index in [2.05, 4.69) is 0 Å². The summed E-state index contributed by atoms with van der Waals surface area (Å²) in [6.45, 7) is 5.03. The van der Waals surface area contributed by atoms with Crippen molar-refractivity contribution >= 4 is 29.1 Å². The summed E-state index contributed by atoms with van der Waals surface area (Å²) >= 11 is 6.09. The minimum absolute atomic E-state index is 0.00519. The fourth-order valence-electron chi connectivity index (χ4n) is 2.34. The van der Waals surface area contributed by atoms with Gasteiger partial charge in [0.1, 0.15) is 6.54 Å². The number of likely N-dealkylation sites (tertiary alicyclic amines) is 1. The highest BCUT2D eigenvalue weighted by atomic mass is 35.5. The summed E-state index contributed by atoms with van der Waals surface area (Å²) in [4.78, 5) is 27.3. The third kappa shape index (κ3) is 3.31. The number of amides is 2. The molecule has 0 unspecified atom stereocenters. The number of nitrogens with zero attached hydrogens (tertiary/aromatic N) is 2. The van der Waals surface area contributed by atoms with Gasteiger partial charge < -0.3 is 9.80 Å². The monoisotopic (exact) mass is 294 g/mol. The Kier molecular flexibility index (Phi) is 4.65. The molecular weight excluding hydrogens is 276 g/mol. The Morgan fingerprint density at radius 3 is 2.50 bits per heavy atom. The quantitative estimate of drug-likeness (QED) is 0.860. The molecule has 108 valence electrons. The molecule has 1 aliphatic heterocycles. The topological polar surface area (TPSA) is 40.6 Å². The highest BCUT2D eigenvalue weighted by Gasteiger charge is 2.22. The van der Waals surface area contributed by atoms with Crippen molar-refractivity contribution in [1.29, 1.82) is 0 Å². The number of benzene rings is 1. The van der Waals surface area contributed by atoms with E-state index >= 15 is 0 Å². The molecule has 0 aromatic heterocycles. The number of rotatable bonds is 3. The Balaban J connectivity index is 2.16. The lowest BCUT2D eigenvalue weighted by molar-refractivity contribution is -0.130. The number of aryl methyl sites for hydroxylation is 1. The molecule has 0 radical (unpaired) electrons. The van der Waals surface area contributed by atoms with Gasteiger partial charge in [0.15, 0.2) is 0 Å². The highest BCUT2D eigenvalue weighted by Crippen LogP contribution is 2.23. The van der Waals surface area contributed by atoms with E-state index < -0.39 is 0 Å². The Bertz CT molecular complexity index is 525. The number of anilines is 1. The molecular formula is C15H19ClN2O2.